The molecule has 3 N–H and O–H groups in total. The van der Waals surface area contributed by atoms with Crippen LogP contribution >= 0.6 is 11.6 Å². The summed E-state index contributed by atoms with van der Waals surface area (Å²) in [6.45, 7) is 4.23. The van der Waals surface area contributed by atoms with Gasteiger partial charge in [0.2, 0.25) is 0 Å². The number of carbonyl (C=O) groups is 1. The largest absolute Gasteiger partial charge is 0.478 e. The highest BCUT2D eigenvalue weighted by Gasteiger charge is 2.19. The molecule has 0 bridgehead atoms. The van der Waals surface area contributed by atoms with Gasteiger partial charge in [-0.15, -0.1) is 11.6 Å². The zero-order valence-corrected chi connectivity index (χ0v) is 9.90. The van der Waals surface area contributed by atoms with Gasteiger partial charge >= 0.3 is 5.97 Å². The van der Waals surface area contributed by atoms with Crippen molar-refractivity contribution in [1.82, 2.24) is 0 Å². The Labute approximate surface area is 100 Å². The van der Waals surface area contributed by atoms with Crippen LogP contribution in [0.1, 0.15) is 12.8 Å². The van der Waals surface area contributed by atoms with Crippen molar-refractivity contribution < 1.29 is 24.9 Å². The van der Waals surface area contributed by atoms with Crippen LogP contribution in [0.4, 0.5) is 0 Å². The molecule has 0 radical (unpaired) electrons. The third-order valence-corrected chi connectivity index (χ3v) is 1.66. The molecule has 0 aromatic heterocycles. The van der Waals surface area contributed by atoms with E-state index in [9.17, 15) is 4.79 Å². The molecular weight excluding hydrogens is 236 g/mol. The van der Waals surface area contributed by atoms with E-state index >= 15 is 0 Å². The minimum atomic E-state index is -0.981. The number of rotatable bonds is 5. The second kappa shape index (κ2) is 14.4. The Hall–Kier alpha value is -0.620. The molecule has 1 atom stereocenters. The second-order valence-corrected chi connectivity index (χ2v) is 3.11. The van der Waals surface area contributed by atoms with Crippen LogP contribution in [-0.4, -0.2) is 53.1 Å². The minimum absolute atomic E-state index is 0.195. The van der Waals surface area contributed by atoms with Crippen molar-refractivity contribution in [1.29, 1.82) is 0 Å². The number of unbranched alkanes of at least 4 members (excludes halogenated alkanes) is 1. The van der Waals surface area contributed by atoms with Crippen molar-refractivity contribution in [2.75, 3.05) is 25.7 Å². The number of epoxide rings is 1. The number of aliphatic hydroxyl groups is 2. The summed E-state index contributed by atoms with van der Waals surface area (Å²) in [5, 5.41) is 23.8. The van der Waals surface area contributed by atoms with E-state index in [1.54, 1.807) is 0 Å². The van der Waals surface area contributed by atoms with Crippen LogP contribution < -0.4 is 0 Å². The fourth-order valence-electron chi connectivity index (χ4n) is 0.381. The van der Waals surface area contributed by atoms with Gasteiger partial charge in [0.25, 0.3) is 0 Å². The number of aliphatic carboxylic acids is 1. The molecule has 0 aromatic carbocycles. The summed E-state index contributed by atoms with van der Waals surface area (Å²) in [7, 11) is 0. The Bertz CT molecular complexity index is 167. The van der Waals surface area contributed by atoms with Crippen LogP contribution in [-0.2, 0) is 9.53 Å². The van der Waals surface area contributed by atoms with Crippen molar-refractivity contribution in [2.24, 2.45) is 0 Å². The minimum Gasteiger partial charge on any atom is -0.478 e. The zero-order valence-electron chi connectivity index (χ0n) is 9.14. The zero-order chi connectivity index (χ0) is 12.8. The maximum Gasteiger partial charge on any atom is 0.327 e. The fourth-order valence-corrected chi connectivity index (χ4v) is 0.559. The maximum atomic E-state index is 9.25. The van der Waals surface area contributed by atoms with Gasteiger partial charge in [0.1, 0.15) is 0 Å². The number of ether oxygens (including phenoxy) is 1. The molecule has 0 aliphatic carbocycles. The smallest absolute Gasteiger partial charge is 0.327 e. The Morgan fingerprint density at radius 1 is 1.44 bits per heavy atom. The van der Waals surface area contributed by atoms with Gasteiger partial charge in [-0.05, 0) is 12.8 Å². The molecule has 0 spiro atoms. The first-order chi connectivity index (χ1) is 7.62. The summed E-state index contributed by atoms with van der Waals surface area (Å²) in [6.07, 6.45) is 2.67. The normalized spacial score (nSPS) is 16.1. The van der Waals surface area contributed by atoms with Gasteiger partial charge in [0.15, 0.2) is 0 Å². The molecular formula is C10H19ClO5. The second-order valence-electron chi connectivity index (χ2n) is 2.81. The van der Waals surface area contributed by atoms with Gasteiger partial charge in [0.05, 0.1) is 18.6 Å². The van der Waals surface area contributed by atoms with Gasteiger partial charge in [-0.3, -0.25) is 0 Å². The third-order valence-electron chi connectivity index (χ3n) is 1.32. The molecule has 1 aliphatic rings. The van der Waals surface area contributed by atoms with Crippen LogP contribution in [0.5, 0.6) is 0 Å². The molecule has 1 aliphatic heterocycles. The van der Waals surface area contributed by atoms with Crippen LogP contribution in [0.3, 0.4) is 0 Å². The quantitative estimate of drug-likeness (QED) is 0.290. The molecule has 1 rings (SSSR count). The lowest BCUT2D eigenvalue weighted by molar-refractivity contribution is -0.131. The van der Waals surface area contributed by atoms with Crippen molar-refractivity contribution in [3.63, 3.8) is 0 Å². The fraction of sp³-hybridized carbons (Fsp3) is 0.700. The number of hydrogen-bond donors (Lipinski definition) is 3. The molecule has 0 amide bonds. The van der Waals surface area contributed by atoms with E-state index in [1.807, 2.05) is 0 Å². The number of carboxylic acid groups (broad SMARTS) is 1. The van der Waals surface area contributed by atoms with Gasteiger partial charge in [-0.25, -0.2) is 4.79 Å². The predicted octanol–water partition coefficient (Wildman–Crippen LogP) is 0.632. The van der Waals surface area contributed by atoms with Gasteiger partial charge in [-0.2, -0.15) is 0 Å². The van der Waals surface area contributed by atoms with E-state index in [0.29, 0.717) is 12.0 Å². The van der Waals surface area contributed by atoms with E-state index in [0.717, 1.165) is 25.5 Å². The highest BCUT2D eigenvalue weighted by Crippen LogP contribution is 2.08. The number of aliphatic hydroxyl groups excluding tert-OH is 2. The average Bonchev–Trinajstić information content (AvgIpc) is 3.11. The van der Waals surface area contributed by atoms with Gasteiger partial charge in [-0.1, -0.05) is 6.58 Å². The Balaban J connectivity index is 0. The third kappa shape index (κ3) is 23.3. The first-order valence-electron chi connectivity index (χ1n) is 4.87. The molecule has 1 saturated heterocycles. The van der Waals surface area contributed by atoms with Crippen molar-refractivity contribution >= 4 is 17.6 Å². The number of halogens is 1. The van der Waals surface area contributed by atoms with E-state index in [1.165, 1.54) is 0 Å². The van der Waals surface area contributed by atoms with E-state index in [2.05, 4.69) is 6.58 Å². The molecule has 1 unspecified atom stereocenters. The lowest BCUT2D eigenvalue weighted by Gasteiger charge is -1.85. The van der Waals surface area contributed by atoms with E-state index < -0.39 is 5.97 Å². The Morgan fingerprint density at radius 2 is 1.81 bits per heavy atom. The summed E-state index contributed by atoms with van der Waals surface area (Å²) in [4.78, 5) is 9.25. The molecule has 0 aromatic rings. The van der Waals surface area contributed by atoms with Crippen LogP contribution in [0.2, 0.25) is 0 Å². The summed E-state index contributed by atoms with van der Waals surface area (Å²) in [5.74, 6) is -0.315. The average molecular weight is 255 g/mol. The first kappa shape index (κ1) is 17.8. The molecule has 6 heteroatoms. The summed E-state index contributed by atoms with van der Waals surface area (Å²) < 4.78 is 4.73. The standard InChI is InChI=1S/C4H10O2.C3H5ClO.C3H4O2/c5-3-1-2-4-6;4-1-3-2-5-3;1-2-3(4)5/h5-6H,1-4H2;3H,1-2H2;2H,1H2,(H,4,5). The lowest BCUT2D eigenvalue weighted by atomic mass is 10.3. The predicted molar refractivity (Wildman–Crippen MR) is 61.7 cm³/mol. The topological polar surface area (TPSA) is 90.3 Å². The van der Waals surface area contributed by atoms with Crippen molar-refractivity contribution in [3.8, 4) is 0 Å². The van der Waals surface area contributed by atoms with E-state index in [-0.39, 0.29) is 13.2 Å². The first-order valence-corrected chi connectivity index (χ1v) is 5.40. The summed E-state index contributed by atoms with van der Waals surface area (Å²) in [6, 6.07) is 0. The number of carboxylic acids is 1. The number of hydrogen-bond acceptors (Lipinski definition) is 4. The molecule has 16 heavy (non-hydrogen) atoms. The Kier molecular flexibility index (Phi) is 16.0. The summed E-state index contributed by atoms with van der Waals surface area (Å²) in [5.41, 5.74) is 0. The van der Waals surface area contributed by atoms with Gasteiger partial charge < -0.3 is 20.1 Å². The molecule has 1 fully saturated rings. The lowest BCUT2D eigenvalue weighted by Crippen LogP contribution is -1.85. The van der Waals surface area contributed by atoms with E-state index in [4.69, 9.17) is 31.7 Å². The van der Waals surface area contributed by atoms with Crippen LogP contribution in [0, 0.1) is 0 Å². The van der Waals surface area contributed by atoms with Crippen LogP contribution in [0.15, 0.2) is 12.7 Å². The van der Waals surface area contributed by atoms with Crippen LogP contribution in [0.25, 0.3) is 0 Å². The highest BCUT2D eigenvalue weighted by molar-refractivity contribution is 6.18. The summed E-state index contributed by atoms with van der Waals surface area (Å²) >= 11 is 5.27. The van der Waals surface area contributed by atoms with Gasteiger partial charge in [0, 0.05) is 19.3 Å². The van der Waals surface area contributed by atoms with Crippen molar-refractivity contribution in [3.05, 3.63) is 12.7 Å². The number of alkyl halides is 1. The molecule has 5 nitrogen and oxygen atoms in total. The molecule has 0 saturated carbocycles. The maximum absolute atomic E-state index is 9.25. The van der Waals surface area contributed by atoms with Crippen molar-refractivity contribution in [2.45, 2.75) is 18.9 Å². The SMILES string of the molecule is C=CC(=O)O.ClCC1CO1.OCCCCO. The monoisotopic (exact) mass is 254 g/mol. The highest BCUT2D eigenvalue weighted by atomic mass is 35.5. The molecule has 96 valence electrons. The Morgan fingerprint density at radius 3 is 1.88 bits per heavy atom. The molecule has 1 heterocycles.